The van der Waals surface area contributed by atoms with Crippen molar-refractivity contribution in [3.63, 3.8) is 0 Å². The molecule has 0 bridgehead atoms. The van der Waals surface area contributed by atoms with Gasteiger partial charge in [0.25, 0.3) is 0 Å². The highest BCUT2D eigenvalue weighted by Crippen LogP contribution is 2.39. The maximum absolute atomic E-state index is 5.81. The molecule has 2 N–H and O–H groups in total. The highest BCUT2D eigenvalue weighted by atomic mass is 15.0. The van der Waals surface area contributed by atoms with Crippen LogP contribution in [0.1, 0.15) is 30.0 Å². The van der Waals surface area contributed by atoms with Gasteiger partial charge in [0, 0.05) is 17.8 Å². The lowest BCUT2D eigenvalue weighted by molar-refractivity contribution is 1.04. The van der Waals surface area contributed by atoms with Crippen molar-refractivity contribution in [3.8, 4) is 5.69 Å². The van der Waals surface area contributed by atoms with Gasteiger partial charge in [0.05, 0.1) is 17.7 Å². The van der Waals surface area contributed by atoms with Gasteiger partial charge in [-0.05, 0) is 37.5 Å². The molecule has 0 amide bonds. The number of aryl methyl sites for hydroxylation is 1. The monoisotopic (exact) mass is 213 g/mol. The number of hydrogen-bond donors (Lipinski definition) is 1. The van der Waals surface area contributed by atoms with E-state index in [1.807, 2.05) is 24.5 Å². The maximum Gasteiger partial charge on any atom is 0.0995 e. The number of benzene rings is 1. The van der Waals surface area contributed by atoms with Gasteiger partial charge in [0.2, 0.25) is 0 Å². The number of hydrogen-bond acceptors (Lipinski definition) is 2. The Hall–Kier alpha value is -1.77. The quantitative estimate of drug-likeness (QED) is 0.779. The smallest absolute Gasteiger partial charge is 0.0995 e. The van der Waals surface area contributed by atoms with Crippen LogP contribution in [0.3, 0.4) is 0 Å². The van der Waals surface area contributed by atoms with Crippen molar-refractivity contribution < 1.29 is 0 Å². The molecule has 1 saturated carbocycles. The van der Waals surface area contributed by atoms with Gasteiger partial charge in [-0.1, -0.05) is 6.07 Å². The molecule has 0 saturated heterocycles. The SMILES string of the molecule is Cc1ccc(N)cc1-n1cnc(C2CC2)c1. The summed E-state index contributed by atoms with van der Waals surface area (Å²) >= 11 is 0. The van der Waals surface area contributed by atoms with Crippen LogP contribution in [0.5, 0.6) is 0 Å². The van der Waals surface area contributed by atoms with Gasteiger partial charge in [-0.3, -0.25) is 0 Å². The van der Waals surface area contributed by atoms with Crippen LogP contribution in [0.15, 0.2) is 30.7 Å². The Kier molecular flexibility index (Phi) is 1.99. The van der Waals surface area contributed by atoms with E-state index in [-0.39, 0.29) is 0 Å². The summed E-state index contributed by atoms with van der Waals surface area (Å²) in [4.78, 5) is 4.45. The van der Waals surface area contributed by atoms with Crippen molar-refractivity contribution in [2.45, 2.75) is 25.7 Å². The fourth-order valence-electron chi connectivity index (χ4n) is 1.96. The number of nitrogen functional groups attached to an aromatic ring is 1. The Balaban J connectivity index is 2.03. The number of rotatable bonds is 2. The van der Waals surface area contributed by atoms with Crippen molar-refractivity contribution >= 4 is 5.69 Å². The molecule has 1 heterocycles. The number of nitrogens with two attached hydrogens (primary N) is 1. The van der Waals surface area contributed by atoms with Gasteiger partial charge in [-0.2, -0.15) is 0 Å². The van der Waals surface area contributed by atoms with E-state index in [1.165, 1.54) is 24.1 Å². The van der Waals surface area contributed by atoms with Crippen molar-refractivity contribution in [1.82, 2.24) is 9.55 Å². The lowest BCUT2D eigenvalue weighted by Crippen LogP contribution is -1.96. The minimum Gasteiger partial charge on any atom is -0.399 e. The summed E-state index contributed by atoms with van der Waals surface area (Å²) in [7, 11) is 0. The van der Waals surface area contributed by atoms with E-state index < -0.39 is 0 Å². The Morgan fingerprint density at radius 2 is 2.19 bits per heavy atom. The van der Waals surface area contributed by atoms with Crippen molar-refractivity contribution in [2.75, 3.05) is 5.73 Å². The molecular formula is C13H15N3. The normalized spacial score (nSPS) is 15.3. The summed E-state index contributed by atoms with van der Waals surface area (Å²) < 4.78 is 2.07. The zero-order valence-corrected chi connectivity index (χ0v) is 9.35. The van der Waals surface area contributed by atoms with Gasteiger partial charge in [-0.25, -0.2) is 4.98 Å². The van der Waals surface area contributed by atoms with Crippen LogP contribution in [-0.4, -0.2) is 9.55 Å². The standard InChI is InChI=1S/C13H15N3/c1-9-2-5-11(14)6-13(9)16-7-12(15-8-16)10-3-4-10/h2,5-8,10H,3-4,14H2,1H3. The van der Waals surface area contributed by atoms with Crippen LogP contribution in [0.4, 0.5) is 5.69 Å². The van der Waals surface area contributed by atoms with Gasteiger partial charge >= 0.3 is 0 Å². The predicted molar refractivity (Wildman–Crippen MR) is 64.7 cm³/mol. The molecule has 1 aromatic heterocycles. The van der Waals surface area contributed by atoms with Gasteiger partial charge in [0.15, 0.2) is 0 Å². The highest BCUT2D eigenvalue weighted by molar-refractivity contribution is 5.52. The fraction of sp³-hybridized carbons (Fsp3) is 0.308. The summed E-state index contributed by atoms with van der Waals surface area (Å²) in [5.41, 5.74) is 10.2. The zero-order valence-electron chi connectivity index (χ0n) is 9.35. The molecule has 1 fully saturated rings. The molecule has 16 heavy (non-hydrogen) atoms. The molecule has 0 spiro atoms. The summed E-state index contributed by atoms with van der Waals surface area (Å²) in [5, 5.41) is 0. The van der Waals surface area contributed by atoms with Gasteiger partial charge in [0.1, 0.15) is 0 Å². The summed E-state index contributed by atoms with van der Waals surface area (Å²) in [6.07, 6.45) is 6.58. The van der Waals surface area contributed by atoms with Gasteiger partial charge < -0.3 is 10.3 Å². The number of nitrogens with zero attached hydrogens (tertiary/aromatic N) is 2. The molecule has 1 aromatic carbocycles. The molecule has 3 heteroatoms. The molecule has 3 nitrogen and oxygen atoms in total. The molecule has 82 valence electrons. The molecular weight excluding hydrogens is 198 g/mol. The third-order valence-electron chi connectivity index (χ3n) is 3.11. The second-order valence-corrected chi connectivity index (χ2v) is 4.53. The minimum atomic E-state index is 0.697. The first-order valence-electron chi connectivity index (χ1n) is 5.64. The van der Waals surface area contributed by atoms with E-state index in [1.54, 1.807) is 0 Å². The molecule has 2 aromatic rings. The summed E-state index contributed by atoms with van der Waals surface area (Å²) in [6.45, 7) is 2.09. The van der Waals surface area contributed by atoms with Crippen molar-refractivity contribution in [2.24, 2.45) is 0 Å². The molecule has 3 rings (SSSR count). The molecule has 0 unspecified atom stereocenters. The van der Waals surface area contributed by atoms with Crippen LogP contribution >= 0.6 is 0 Å². The van der Waals surface area contributed by atoms with E-state index >= 15 is 0 Å². The van der Waals surface area contributed by atoms with E-state index in [0.29, 0.717) is 5.92 Å². The Bertz CT molecular complexity index is 524. The van der Waals surface area contributed by atoms with E-state index in [9.17, 15) is 0 Å². The van der Waals surface area contributed by atoms with E-state index in [2.05, 4.69) is 22.7 Å². The average molecular weight is 213 g/mol. The Labute approximate surface area is 94.9 Å². The first kappa shape index (κ1) is 9.46. The summed E-state index contributed by atoms with van der Waals surface area (Å²) in [6, 6.07) is 5.96. The van der Waals surface area contributed by atoms with Crippen molar-refractivity contribution in [3.05, 3.63) is 42.0 Å². The maximum atomic E-state index is 5.81. The van der Waals surface area contributed by atoms with Crippen LogP contribution < -0.4 is 5.73 Å². The second-order valence-electron chi connectivity index (χ2n) is 4.53. The Morgan fingerprint density at radius 1 is 1.38 bits per heavy atom. The Morgan fingerprint density at radius 3 is 2.94 bits per heavy atom. The average Bonchev–Trinajstić information content (AvgIpc) is 3.01. The third kappa shape index (κ3) is 1.58. The minimum absolute atomic E-state index is 0.697. The highest BCUT2D eigenvalue weighted by Gasteiger charge is 2.25. The number of aromatic nitrogens is 2. The first-order valence-corrected chi connectivity index (χ1v) is 5.64. The molecule has 1 aliphatic rings. The lowest BCUT2D eigenvalue weighted by atomic mass is 10.2. The van der Waals surface area contributed by atoms with Crippen molar-refractivity contribution in [1.29, 1.82) is 0 Å². The largest absolute Gasteiger partial charge is 0.399 e. The van der Waals surface area contributed by atoms with Crippen LogP contribution in [0, 0.1) is 6.92 Å². The first-order chi connectivity index (χ1) is 7.74. The van der Waals surface area contributed by atoms with Crippen LogP contribution in [-0.2, 0) is 0 Å². The number of imidazole rings is 1. The topological polar surface area (TPSA) is 43.8 Å². The predicted octanol–water partition coefficient (Wildman–Crippen LogP) is 2.64. The third-order valence-corrected chi connectivity index (χ3v) is 3.11. The van der Waals surface area contributed by atoms with E-state index in [0.717, 1.165) is 11.4 Å². The number of anilines is 1. The van der Waals surface area contributed by atoms with Crippen LogP contribution in [0.25, 0.3) is 5.69 Å². The molecule has 0 aliphatic heterocycles. The summed E-state index contributed by atoms with van der Waals surface area (Å²) in [5.74, 6) is 0.697. The van der Waals surface area contributed by atoms with Crippen LogP contribution in [0.2, 0.25) is 0 Å². The molecule has 1 aliphatic carbocycles. The fourth-order valence-corrected chi connectivity index (χ4v) is 1.96. The second kappa shape index (κ2) is 3.37. The molecule has 0 atom stereocenters. The zero-order chi connectivity index (χ0) is 11.1. The molecule has 0 radical (unpaired) electrons. The van der Waals surface area contributed by atoms with Gasteiger partial charge in [-0.15, -0.1) is 0 Å². The lowest BCUT2D eigenvalue weighted by Gasteiger charge is -2.07. The van der Waals surface area contributed by atoms with E-state index in [4.69, 9.17) is 5.73 Å².